The highest BCUT2D eigenvalue weighted by Crippen LogP contribution is 2.06. The van der Waals surface area contributed by atoms with Gasteiger partial charge in [-0.1, -0.05) is 0 Å². The van der Waals surface area contributed by atoms with Crippen molar-refractivity contribution >= 4 is 5.95 Å². The van der Waals surface area contributed by atoms with E-state index in [4.69, 9.17) is 5.73 Å². The predicted molar refractivity (Wildman–Crippen MR) is 53.5 cm³/mol. The van der Waals surface area contributed by atoms with Crippen molar-refractivity contribution in [2.24, 2.45) is 0 Å². The van der Waals surface area contributed by atoms with E-state index in [1.807, 2.05) is 12.1 Å². The number of rotatable bonds is 2. The fourth-order valence-electron chi connectivity index (χ4n) is 1.19. The lowest BCUT2D eigenvalue weighted by Gasteiger charge is -2.00. The first-order valence-electron chi connectivity index (χ1n) is 4.30. The van der Waals surface area contributed by atoms with E-state index in [-0.39, 0.29) is 0 Å². The molecule has 0 aliphatic carbocycles. The van der Waals surface area contributed by atoms with Crippen LogP contribution in [0.4, 0.5) is 5.95 Å². The first-order chi connectivity index (χ1) is 6.84. The zero-order valence-electron chi connectivity index (χ0n) is 7.59. The standard InChI is InChI=1S/C10H10N4/c11-10-13-6-9(7-14-10)5-8-1-3-12-4-2-8/h1-4,6-7H,5H2,(H2,11,13,14). The highest BCUT2D eigenvalue weighted by atomic mass is 15.0. The lowest BCUT2D eigenvalue weighted by Crippen LogP contribution is -1.96. The first-order valence-corrected chi connectivity index (χ1v) is 4.30. The van der Waals surface area contributed by atoms with E-state index in [2.05, 4.69) is 15.0 Å². The number of nitrogens with zero attached hydrogens (tertiary/aromatic N) is 3. The van der Waals surface area contributed by atoms with Gasteiger partial charge in [0.1, 0.15) is 0 Å². The molecule has 0 saturated carbocycles. The van der Waals surface area contributed by atoms with Crippen molar-refractivity contribution in [3.63, 3.8) is 0 Å². The highest BCUT2D eigenvalue weighted by Gasteiger charge is 1.96. The van der Waals surface area contributed by atoms with Crippen LogP contribution in [0.5, 0.6) is 0 Å². The Balaban J connectivity index is 2.16. The molecule has 0 bridgehead atoms. The highest BCUT2D eigenvalue weighted by molar-refractivity contribution is 5.23. The summed E-state index contributed by atoms with van der Waals surface area (Å²) in [6.45, 7) is 0. The monoisotopic (exact) mass is 186 g/mol. The van der Waals surface area contributed by atoms with E-state index in [1.54, 1.807) is 24.8 Å². The van der Waals surface area contributed by atoms with Gasteiger partial charge in [-0.15, -0.1) is 0 Å². The van der Waals surface area contributed by atoms with Crippen molar-refractivity contribution in [1.82, 2.24) is 15.0 Å². The van der Waals surface area contributed by atoms with Gasteiger partial charge in [0.05, 0.1) is 0 Å². The largest absolute Gasteiger partial charge is 0.368 e. The van der Waals surface area contributed by atoms with Gasteiger partial charge in [-0.3, -0.25) is 4.98 Å². The third-order valence-electron chi connectivity index (χ3n) is 1.88. The Kier molecular flexibility index (Phi) is 2.36. The molecule has 0 spiro atoms. The molecule has 2 heterocycles. The number of hydrogen-bond acceptors (Lipinski definition) is 4. The number of aromatic nitrogens is 3. The molecule has 2 aromatic rings. The molecule has 70 valence electrons. The zero-order chi connectivity index (χ0) is 9.80. The van der Waals surface area contributed by atoms with Crippen LogP contribution in [0.25, 0.3) is 0 Å². The summed E-state index contributed by atoms with van der Waals surface area (Å²) >= 11 is 0. The molecule has 0 radical (unpaired) electrons. The van der Waals surface area contributed by atoms with Crippen LogP contribution in [-0.2, 0) is 6.42 Å². The van der Waals surface area contributed by atoms with E-state index >= 15 is 0 Å². The molecule has 0 aliphatic heterocycles. The average molecular weight is 186 g/mol. The van der Waals surface area contributed by atoms with Crippen LogP contribution in [0.3, 0.4) is 0 Å². The van der Waals surface area contributed by atoms with Gasteiger partial charge < -0.3 is 5.73 Å². The minimum atomic E-state index is 0.309. The summed E-state index contributed by atoms with van der Waals surface area (Å²) in [7, 11) is 0. The second kappa shape index (κ2) is 3.83. The van der Waals surface area contributed by atoms with Crippen LogP contribution in [0, 0.1) is 0 Å². The van der Waals surface area contributed by atoms with Gasteiger partial charge in [-0.25, -0.2) is 9.97 Å². The van der Waals surface area contributed by atoms with Crippen molar-refractivity contribution in [3.05, 3.63) is 48.0 Å². The second-order valence-electron chi connectivity index (χ2n) is 2.98. The SMILES string of the molecule is Nc1ncc(Cc2ccncc2)cn1. The molecule has 0 aliphatic rings. The Morgan fingerprint density at radius 2 is 1.64 bits per heavy atom. The Morgan fingerprint density at radius 3 is 2.29 bits per heavy atom. The van der Waals surface area contributed by atoms with E-state index in [1.165, 1.54) is 5.56 Å². The minimum absolute atomic E-state index is 0.309. The Labute approximate surface area is 81.9 Å². The normalized spacial score (nSPS) is 10.0. The molecule has 14 heavy (non-hydrogen) atoms. The molecule has 0 saturated heterocycles. The summed E-state index contributed by atoms with van der Waals surface area (Å²) in [6.07, 6.45) is 7.83. The molecule has 0 unspecified atom stereocenters. The maximum absolute atomic E-state index is 5.39. The maximum atomic E-state index is 5.39. The van der Waals surface area contributed by atoms with Crippen LogP contribution < -0.4 is 5.73 Å². The minimum Gasteiger partial charge on any atom is -0.368 e. The van der Waals surface area contributed by atoms with E-state index in [9.17, 15) is 0 Å². The van der Waals surface area contributed by atoms with Crippen LogP contribution in [0.2, 0.25) is 0 Å². The first kappa shape index (κ1) is 8.62. The Hall–Kier alpha value is -1.97. The van der Waals surface area contributed by atoms with Crippen LogP contribution >= 0.6 is 0 Å². The maximum Gasteiger partial charge on any atom is 0.219 e. The average Bonchev–Trinajstić information content (AvgIpc) is 2.23. The van der Waals surface area contributed by atoms with Crippen molar-refractivity contribution in [2.75, 3.05) is 5.73 Å². The number of nitrogen functional groups attached to an aromatic ring is 1. The van der Waals surface area contributed by atoms with Gasteiger partial charge in [-0.05, 0) is 23.3 Å². The molecule has 4 nitrogen and oxygen atoms in total. The van der Waals surface area contributed by atoms with Crippen molar-refractivity contribution in [2.45, 2.75) is 6.42 Å². The van der Waals surface area contributed by atoms with E-state index in [0.717, 1.165) is 12.0 Å². The van der Waals surface area contributed by atoms with E-state index < -0.39 is 0 Å². The summed E-state index contributed by atoms with van der Waals surface area (Å²) in [6, 6.07) is 3.94. The smallest absolute Gasteiger partial charge is 0.219 e. The summed E-state index contributed by atoms with van der Waals surface area (Å²) in [5, 5.41) is 0. The number of nitrogens with two attached hydrogens (primary N) is 1. The molecule has 0 amide bonds. The zero-order valence-corrected chi connectivity index (χ0v) is 7.59. The van der Waals surface area contributed by atoms with Crippen LogP contribution in [0.15, 0.2) is 36.9 Å². The molecular weight excluding hydrogens is 176 g/mol. The van der Waals surface area contributed by atoms with E-state index in [0.29, 0.717) is 5.95 Å². The summed E-state index contributed by atoms with van der Waals surface area (Å²) < 4.78 is 0. The molecule has 2 N–H and O–H groups in total. The Morgan fingerprint density at radius 1 is 1.00 bits per heavy atom. The lowest BCUT2D eigenvalue weighted by molar-refractivity contribution is 1.08. The second-order valence-corrected chi connectivity index (χ2v) is 2.98. The van der Waals surface area contributed by atoms with Gasteiger partial charge in [-0.2, -0.15) is 0 Å². The summed E-state index contributed by atoms with van der Waals surface area (Å²) in [4.78, 5) is 11.8. The third kappa shape index (κ3) is 2.04. The molecule has 0 atom stereocenters. The topological polar surface area (TPSA) is 64.7 Å². The fraction of sp³-hybridized carbons (Fsp3) is 0.100. The van der Waals surface area contributed by atoms with Gasteiger partial charge in [0.2, 0.25) is 5.95 Å². The number of pyridine rings is 1. The number of hydrogen-bond donors (Lipinski definition) is 1. The van der Waals surface area contributed by atoms with Gasteiger partial charge >= 0.3 is 0 Å². The summed E-state index contributed by atoms with van der Waals surface area (Å²) in [5.74, 6) is 0.309. The fourth-order valence-corrected chi connectivity index (χ4v) is 1.19. The van der Waals surface area contributed by atoms with Crippen molar-refractivity contribution < 1.29 is 0 Å². The predicted octanol–water partition coefficient (Wildman–Crippen LogP) is 1.04. The third-order valence-corrected chi connectivity index (χ3v) is 1.88. The molecular formula is C10H10N4. The quantitative estimate of drug-likeness (QED) is 0.761. The lowest BCUT2D eigenvalue weighted by atomic mass is 10.1. The molecule has 0 fully saturated rings. The van der Waals surface area contributed by atoms with Gasteiger partial charge in [0.15, 0.2) is 0 Å². The Bertz CT molecular complexity index is 396. The van der Waals surface area contributed by atoms with Crippen LogP contribution in [-0.4, -0.2) is 15.0 Å². The number of anilines is 1. The molecule has 2 rings (SSSR count). The molecule has 0 aromatic carbocycles. The molecule has 2 aromatic heterocycles. The molecule has 4 heteroatoms. The van der Waals surface area contributed by atoms with Gasteiger partial charge in [0, 0.05) is 31.2 Å². The van der Waals surface area contributed by atoms with Gasteiger partial charge in [0.25, 0.3) is 0 Å². The van der Waals surface area contributed by atoms with Crippen LogP contribution in [0.1, 0.15) is 11.1 Å². The summed E-state index contributed by atoms with van der Waals surface area (Å²) in [5.41, 5.74) is 7.62. The van der Waals surface area contributed by atoms with Crippen molar-refractivity contribution in [1.29, 1.82) is 0 Å². The van der Waals surface area contributed by atoms with Crippen molar-refractivity contribution in [3.8, 4) is 0 Å².